The van der Waals surface area contributed by atoms with E-state index in [1.165, 1.54) is 0 Å². The van der Waals surface area contributed by atoms with E-state index in [1.54, 1.807) is 0 Å². The third-order valence-electron chi connectivity index (χ3n) is 1.91. The van der Waals surface area contributed by atoms with Gasteiger partial charge < -0.3 is 10.6 Å². The maximum atomic E-state index is 11.3. The van der Waals surface area contributed by atoms with Crippen LogP contribution in [0, 0.1) is 12.3 Å². The van der Waals surface area contributed by atoms with Gasteiger partial charge in [-0.05, 0) is 12.8 Å². The van der Waals surface area contributed by atoms with Gasteiger partial charge in [0.15, 0.2) is 0 Å². The van der Waals surface area contributed by atoms with Crippen LogP contribution in [0.15, 0.2) is 0 Å². The Morgan fingerprint density at radius 3 is 3.15 bits per heavy atom. The highest BCUT2D eigenvalue weighted by Gasteiger charge is 2.23. The molecule has 13 heavy (non-hydrogen) atoms. The smallest absolute Gasteiger partial charge is 0.243 e. The third kappa shape index (κ3) is 2.79. The molecule has 1 saturated heterocycles. The quantitative estimate of drug-likeness (QED) is 0.558. The Kier molecular flexibility index (Phi) is 3.32. The second-order valence-electron chi connectivity index (χ2n) is 2.93. The molecule has 0 bridgehead atoms. The molecule has 1 aliphatic heterocycles. The van der Waals surface area contributed by atoms with Crippen LogP contribution in [0.1, 0.15) is 19.3 Å². The topological polar surface area (TPSA) is 58.2 Å². The van der Waals surface area contributed by atoms with Crippen LogP contribution in [0.3, 0.4) is 0 Å². The van der Waals surface area contributed by atoms with E-state index >= 15 is 0 Å². The van der Waals surface area contributed by atoms with Crippen molar-refractivity contribution in [3.05, 3.63) is 0 Å². The van der Waals surface area contributed by atoms with Crippen LogP contribution in [0.25, 0.3) is 0 Å². The molecule has 1 aliphatic rings. The van der Waals surface area contributed by atoms with Gasteiger partial charge in [0, 0.05) is 6.42 Å². The first-order chi connectivity index (χ1) is 6.24. The fourth-order valence-electron chi connectivity index (χ4n) is 1.26. The monoisotopic (exact) mass is 180 g/mol. The molecule has 1 rings (SSSR count). The van der Waals surface area contributed by atoms with Crippen LogP contribution in [0.2, 0.25) is 0 Å². The van der Waals surface area contributed by atoms with Gasteiger partial charge in [-0.15, -0.1) is 6.42 Å². The fraction of sp³-hybridized carbons (Fsp3) is 0.556. The fourth-order valence-corrected chi connectivity index (χ4v) is 1.26. The van der Waals surface area contributed by atoms with Crippen molar-refractivity contribution in [1.29, 1.82) is 0 Å². The standard InChI is InChI=1S/C9H12N2O2/c1-2-6-10-9(13)7-4-3-5-8(12)11-7/h1,7H,3-6H2,(H,10,13)(H,11,12)/t7-/m1/s1. The van der Waals surface area contributed by atoms with Gasteiger partial charge in [-0.25, -0.2) is 0 Å². The number of hydrogen-bond acceptors (Lipinski definition) is 2. The third-order valence-corrected chi connectivity index (χ3v) is 1.91. The minimum Gasteiger partial charge on any atom is -0.344 e. The minimum atomic E-state index is -0.394. The van der Waals surface area contributed by atoms with Crippen molar-refractivity contribution >= 4 is 11.8 Å². The van der Waals surface area contributed by atoms with Crippen LogP contribution < -0.4 is 10.6 Å². The summed E-state index contributed by atoms with van der Waals surface area (Å²) < 4.78 is 0. The van der Waals surface area contributed by atoms with Crippen molar-refractivity contribution in [2.75, 3.05) is 6.54 Å². The van der Waals surface area contributed by atoms with Crippen molar-refractivity contribution < 1.29 is 9.59 Å². The zero-order chi connectivity index (χ0) is 9.68. The Bertz CT molecular complexity index is 255. The molecule has 0 spiro atoms. The summed E-state index contributed by atoms with van der Waals surface area (Å²) in [5, 5.41) is 5.14. The molecule has 4 heteroatoms. The van der Waals surface area contributed by atoms with E-state index in [4.69, 9.17) is 6.42 Å². The van der Waals surface area contributed by atoms with E-state index in [2.05, 4.69) is 16.6 Å². The molecule has 0 unspecified atom stereocenters. The molecule has 1 atom stereocenters. The Morgan fingerprint density at radius 1 is 1.77 bits per heavy atom. The molecule has 1 fully saturated rings. The van der Waals surface area contributed by atoms with E-state index < -0.39 is 6.04 Å². The lowest BCUT2D eigenvalue weighted by molar-refractivity contribution is -0.130. The molecule has 70 valence electrons. The summed E-state index contributed by atoms with van der Waals surface area (Å²) in [5.41, 5.74) is 0. The van der Waals surface area contributed by atoms with Gasteiger partial charge in [0.25, 0.3) is 0 Å². The minimum absolute atomic E-state index is 0.0629. The van der Waals surface area contributed by atoms with Crippen LogP contribution in [0.5, 0.6) is 0 Å². The van der Waals surface area contributed by atoms with Crippen molar-refractivity contribution in [3.8, 4) is 12.3 Å². The Morgan fingerprint density at radius 2 is 2.54 bits per heavy atom. The second kappa shape index (κ2) is 4.51. The number of nitrogens with one attached hydrogen (secondary N) is 2. The van der Waals surface area contributed by atoms with Gasteiger partial charge in [-0.2, -0.15) is 0 Å². The first kappa shape index (κ1) is 9.59. The highest BCUT2D eigenvalue weighted by Crippen LogP contribution is 2.07. The number of hydrogen-bond donors (Lipinski definition) is 2. The van der Waals surface area contributed by atoms with E-state index in [0.29, 0.717) is 12.8 Å². The molecule has 0 aliphatic carbocycles. The van der Waals surface area contributed by atoms with Gasteiger partial charge in [-0.3, -0.25) is 9.59 Å². The van der Waals surface area contributed by atoms with Crippen molar-refractivity contribution in [1.82, 2.24) is 10.6 Å². The lowest BCUT2D eigenvalue weighted by Gasteiger charge is -2.21. The maximum absolute atomic E-state index is 11.3. The highest BCUT2D eigenvalue weighted by molar-refractivity contribution is 5.88. The SMILES string of the molecule is C#CCNC(=O)[C@H]1CCCC(=O)N1. The van der Waals surface area contributed by atoms with E-state index in [9.17, 15) is 9.59 Å². The van der Waals surface area contributed by atoms with Crippen molar-refractivity contribution in [2.24, 2.45) is 0 Å². The van der Waals surface area contributed by atoms with Gasteiger partial charge in [0.05, 0.1) is 6.54 Å². The molecule has 0 aromatic carbocycles. The zero-order valence-electron chi connectivity index (χ0n) is 7.30. The highest BCUT2D eigenvalue weighted by atomic mass is 16.2. The van der Waals surface area contributed by atoms with E-state index in [-0.39, 0.29) is 18.4 Å². The number of carbonyl (C=O) groups excluding carboxylic acids is 2. The maximum Gasteiger partial charge on any atom is 0.243 e. The molecular weight excluding hydrogens is 168 g/mol. The van der Waals surface area contributed by atoms with Gasteiger partial charge in [0.1, 0.15) is 6.04 Å². The van der Waals surface area contributed by atoms with Crippen molar-refractivity contribution in [3.63, 3.8) is 0 Å². The summed E-state index contributed by atoms with van der Waals surface area (Å²) >= 11 is 0. The summed E-state index contributed by atoms with van der Waals surface area (Å²) in [6.07, 6.45) is 6.95. The number of rotatable bonds is 2. The Hall–Kier alpha value is -1.50. The molecule has 2 amide bonds. The molecule has 0 radical (unpaired) electrons. The first-order valence-corrected chi connectivity index (χ1v) is 4.24. The van der Waals surface area contributed by atoms with Crippen LogP contribution >= 0.6 is 0 Å². The number of amides is 2. The van der Waals surface area contributed by atoms with Gasteiger partial charge >= 0.3 is 0 Å². The molecule has 0 aromatic rings. The average Bonchev–Trinajstić information content (AvgIpc) is 2.14. The summed E-state index contributed by atoms with van der Waals surface area (Å²) in [4.78, 5) is 22.2. The molecule has 4 nitrogen and oxygen atoms in total. The first-order valence-electron chi connectivity index (χ1n) is 4.24. The zero-order valence-corrected chi connectivity index (χ0v) is 7.30. The summed E-state index contributed by atoms with van der Waals surface area (Å²) in [6, 6.07) is -0.394. The summed E-state index contributed by atoms with van der Waals surface area (Å²) in [6.45, 7) is 0.213. The van der Waals surface area contributed by atoms with Crippen LogP contribution in [-0.4, -0.2) is 24.4 Å². The van der Waals surface area contributed by atoms with Crippen molar-refractivity contribution in [2.45, 2.75) is 25.3 Å². The molecule has 0 aromatic heterocycles. The lowest BCUT2D eigenvalue weighted by atomic mass is 10.0. The van der Waals surface area contributed by atoms with Gasteiger partial charge in [-0.1, -0.05) is 5.92 Å². The van der Waals surface area contributed by atoms with Crippen LogP contribution in [-0.2, 0) is 9.59 Å². The predicted molar refractivity (Wildman–Crippen MR) is 47.6 cm³/mol. The Labute approximate surface area is 77.1 Å². The summed E-state index contributed by atoms with van der Waals surface area (Å²) in [7, 11) is 0. The summed E-state index contributed by atoms with van der Waals surface area (Å²) in [5.74, 6) is 2.05. The average molecular weight is 180 g/mol. The molecule has 2 N–H and O–H groups in total. The number of piperidine rings is 1. The predicted octanol–water partition coefficient (Wildman–Crippen LogP) is -0.596. The largest absolute Gasteiger partial charge is 0.344 e. The normalized spacial score (nSPS) is 21.5. The number of terminal acetylenes is 1. The van der Waals surface area contributed by atoms with E-state index in [1.807, 2.05) is 0 Å². The molecule has 1 heterocycles. The Balaban J connectivity index is 2.38. The second-order valence-corrected chi connectivity index (χ2v) is 2.93. The lowest BCUT2D eigenvalue weighted by Crippen LogP contribution is -2.49. The van der Waals surface area contributed by atoms with Crippen LogP contribution in [0.4, 0.5) is 0 Å². The molecular formula is C9H12N2O2. The molecule has 0 saturated carbocycles. The van der Waals surface area contributed by atoms with E-state index in [0.717, 1.165) is 6.42 Å². The number of carbonyl (C=O) groups is 2. The van der Waals surface area contributed by atoms with Gasteiger partial charge in [0.2, 0.25) is 11.8 Å².